The van der Waals surface area contributed by atoms with E-state index in [4.69, 9.17) is 9.68 Å². The summed E-state index contributed by atoms with van der Waals surface area (Å²) >= 11 is 0. The first-order chi connectivity index (χ1) is 7.81. The summed E-state index contributed by atoms with van der Waals surface area (Å²) in [6.07, 6.45) is 0. The summed E-state index contributed by atoms with van der Waals surface area (Å²) in [7, 11) is 0. The fourth-order valence-electron chi connectivity index (χ4n) is 2.11. The van der Waals surface area contributed by atoms with Gasteiger partial charge in [0.2, 0.25) is 0 Å². The number of hydrogen-bond acceptors (Lipinski definition) is 2. The highest BCUT2D eigenvalue weighted by molar-refractivity contribution is 6.08. The zero-order valence-electron chi connectivity index (χ0n) is 8.82. The number of para-hydroxylation sites is 1. The third-order valence-electron chi connectivity index (χ3n) is 2.85. The van der Waals surface area contributed by atoms with Gasteiger partial charge in [-0.05, 0) is 24.6 Å². The zero-order chi connectivity index (χ0) is 11.1. The zero-order valence-corrected chi connectivity index (χ0v) is 8.82. The molecular weight excluding hydrogens is 198 g/mol. The monoisotopic (exact) mass is 207 g/mol. The summed E-state index contributed by atoms with van der Waals surface area (Å²) in [5.41, 5.74) is 3.30. The SMILES string of the molecule is Cc1cccc2oc3c(C#N)cccc3c12. The molecule has 0 radical (unpaired) electrons. The maximum absolute atomic E-state index is 9.02. The van der Waals surface area contributed by atoms with Crippen molar-refractivity contribution >= 4 is 21.9 Å². The first-order valence-corrected chi connectivity index (χ1v) is 5.12. The molecule has 0 aliphatic heterocycles. The van der Waals surface area contributed by atoms with Crippen molar-refractivity contribution in [2.75, 3.05) is 0 Å². The normalized spacial score (nSPS) is 10.8. The number of rotatable bonds is 0. The second-order valence-electron chi connectivity index (χ2n) is 3.84. The predicted octanol–water partition coefficient (Wildman–Crippen LogP) is 3.77. The molecule has 0 N–H and O–H groups in total. The Kier molecular flexibility index (Phi) is 1.75. The van der Waals surface area contributed by atoms with Crippen molar-refractivity contribution in [3.05, 3.63) is 47.5 Å². The molecule has 0 saturated carbocycles. The number of benzene rings is 2. The minimum absolute atomic E-state index is 0.591. The third kappa shape index (κ3) is 1.06. The summed E-state index contributed by atoms with van der Waals surface area (Å²) < 4.78 is 5.73. The Morgan fingerprint density at radius 3 is 2.75 bits per heavy atom. The average molecular weight is 207 g/mol. The molecule has 3 rings (SSSR count). The molecule has 16 heavy (non-hydrogen) atoms. The second kappa shape index (κ2) is 3.11. The summed E-state index contributed by atoms with van der Waals surface area (Å²) in [6, 6.07) is 13.8. The van der Waals surface area contributed by atoms with Gasteiger partial charge < -0.3 is 4.42 Å². The van der Waals surface area contributed by atoms with E-state index in [1.807, 2.05) is 24.3 Å². The molecule has 0 bridgehead atoms. The Labute approximate surface area is 92.7 Å². The minimum Gasteiger partial charge on any atom is -0.455 e. The fourth-order valence-corrected chi connectivity index (χ4v) is 2.11. The van der Waals surface area contributed by atoms with E-state index < -0.39 is 0 Å². The number of furan rings is 1. The Balaban J connectivity index is 2.63. The number of hydrogen-bond donors (Lipinski definition) is 0. The van der Waals surface area contributed by atoms with Gasteiger partial charge in [0, 0.05) is 10.8 Å². The molecule has 2 nitrogen and oxygen atoms in total. The molecule has 0 fully saturated rings. The summed E-state index contributed by atoms with van der Waals surface area (Å²) in [4.78, 5) is 0. The van der Waals surface area contributed by atoms with E-state index in [-0.39, 0.29) is 0 Å². The first kappa shape index (κ1) is 8.99. The molecule has 0 saturated heterocycles. The van der Waals surface area contributed by atoms with Crippen molar-refractivity contribution in [3.63, 3.8) is 0 Å². The molecule has 1 heterocycles. The fraction of sp³-hybridized carbons (Fsp3) is 0.0714. The lowest BCUT2D eigenvalue weighted by molar-refractivity contribution is 0.667. The summed E-state index contributed by atoms with van der Waals surface area (Å²) in [5, 5.41) is 11.1. The van der Waals surface area contributed by atoms with Crippen molar-refractivity contribution in [3.8, 4) is 6.07 Å². The van der Waals surface area contributed by atoms with Crippen molar-refractivity contribution in [2.24, 2.45) is 0 Å². The summed E-state index contributed by atoms with van der Waals surface area (Å²) in [6.45, 7) is 2.05. The van der Waals surface area contributed by atoms with Crippen LogP contribution in [0.15, 0.2) is 40.8 Å². The quantitative estimate of drug-likeness (QED) is 0.562. The van der Waals surface area contributed by atoms with Crippen LogP contribution in [0.1, 0.15) is 11.1 Å². The van der Waals surface area contributed by atoms with Crippen molar-refractivity contribution in [2.45, 2.75) is 6.92 Å². The topological polar surface area (TPSA) is 36.9 Å². The Morgan fingerprint density at radius 2 is 1.94 bits per heavy atom. The van der Waals surface area contributed by atoms with Gasteiger partial charge in [0.15, 0.2) is 5.58 Å². The van der Waals surface area contributed by atoms with Crippen LogP contribution in [0.4, 0.5) is 0 Å². The van der Waals surface area contributed by atoms with E-state index in [9.17, 15) is 0 Å². The number of aryl methyl sites for hydroxylation is 1. The van der Waals surface area contributed by atoms with E-state index in [0.29, 0.717) is 11.1 Å². The van der Waals surface area contributed by atoms with Gasteiger partial charge in [0.1, 0.15) is 11.7 Å². The van der Waals surface area contributed by atoms with Gasteiger partial charge in [-0.25, -0.2) is 0 Å². The molecule has 0 unspecified atom stereocenters. The van der Waals surface area contributed by atoms with Crippen LogP contribution in [0, 0.1) is 18.3 Å². The Morgan fingerprint density at radius 1 is 1.12 bits per heavy atom. The van der Waals surface area contributed by atoms with E-state index >= 15 is 0 Å². The molecule has 0 aliphatic rings. The Hall–Kier alpha value is -2.27. The van der Waals surface area contributed by atoms with Crippen LogP contribution >= 0.6 is 0 Å². The minimum atomic E-state index is 0.591. The standard InChI is InChI=1S/C14H9NO/c1-9-4-2-7-12-13(9)11-6-3-5-10(8-15)14(11)16-12/h2-7H,1H3. The molecule has 0 aliphatic carbocycles. The highest BCUT2D eigenvalue weighted by Crippen LogP contribution is 2.32. The van der Waals surface area contributed by atoms with Crippen molar-refractivity contribution in [1.82, 2.24) is 0 Å². The summed E-state index contributed by atoms with van der Waals surface area (Å²) in [5.74, 6) is 0. The lowest BCUT2D eigenvalue weighted by atomic mass is 10.1. The maximum atomic E-state index is 9.02. The number of fused-ring (bicyclic) bond motifs is 3. The van der Waals surface area contributed by atoms with Crippen LogP contribution in [-0.2, 0) is 0 Å². The van der Waals surface area contributed by atoms with E-state index in [2.05, 4.69) is 19.1 Å². The molecule has 76 valence electrons. The lowest BCUT2D eigenvalue weighted by Gasteiger charge is -1.93. The molecule has 2 heteroatoms. The highest BCUT2D eigenvalue weighted by atomic mass is 16.3. The van der Waals surface area contributed by atoms with Gasteiger partial charge in [-0.3, -0.25) is 0 Å². The Bertz CT molecular complexity index is 731. The molecule has 3 aromatic rings. The van der Waals surface area contributed by atoms with Crippen molar-refractivity contribution < 1.29 is 4.42 Å². The molecule has 1 aromatic heterocycles. The van der Waals surface area contributed by atoms with Gasteiger partial charge in [0.25, 0.3) is 0 Å². The largest absolute Gasteiger partial charge is 0.455 e. The lowest BCUT2D eigenvalue weighted by Crippen LogP contribution is -1.75. The average Bonchev–Trinajstić information content (AvgIpc) is 2.68. The highest BCUT2D eigenvalue weighted by Gasteiger charge is 2.11. The molecule has 0 atom stereocenters. The number of nitrogens with zero attached hydrogens (tertiary/aromatic N) is 1. The van der Waals surface area contributed by atoms with Crippen LogP contribution in [0.25, 0.3) is 21.9 Å². The van der Waals surface area contributed by atoms with Gasteiger partial charge in [-0.1, -0.05) is 24.3 Å². The second-order valence-corrected chi connectivity index (χ2v) is 3.84. The smallest absolute Gasteiger partial charge is 0.153 e. The van der Waals surface area contributed by atoms with Gasteiger partial charge in [0.05, 0.1) is 5.56 Å². The van der Waals surface area contributed by atoms with Crippen LogP contribution in [0.2, 0.25) is 0 Å². The van der Waals surface area contributed by atoms with E-state index in [1.54, 1.807) is 6.07 Å². The molecular formula is C14H9NO. The molecule has 2 aromatic carbocycles. The molecule has 0 amide bonds. The van der Waals surface area contributed by atoms with Crippen LogP contribution in [-0.4, -0.2) is 0 Å². The first-order valence-electron chi connectivity index (χ1n) is 5.12. The molecule has 0 spiro atoms. The number of nitriles is 1. The van der Waals surface area contributed by atoms with Gasteiger partial charge >= 0.3 is 0 Å². The van der Waals surface area contributed by atoms with Gasteiger partial charge in [-0.15, -0.1) is 0 Å². The maximum Gasteiger partial charge on any atom is 0.153 e. The predicted molar refractivity (Wildman–Crippen MR) is 63.2 cm³/mol. The van der Waals surface area contributed by atoms with Crippen LogP contribution in [0.5, 0.6) is 0 Å². The van der Waals surface area contributed by atoms with Crippen LogP contribution < -0.4 is 0 Å². The van der Waals surface area contributed by atoms with Crippen molar-refractivity contribution in [1.29, 1.82) is 5.26 Å². The van der Waals surface area contributed by atoms with Crippen LogP contribution in [0.3, 0.4) is 0 Å². The van der Waals surface area contributed by atoms with Gasteiger partial charge in [-0.2, -0.15) is 5.26 Å². The third-order valence-corrected chi connectivity index (χ3v) is 2.85. The van der Waals surface area contributed by atoms with E-state index in [0.717, 1.165) is 16.4 Å². The van der Waals surface area contributed by atoms with E-state index in [1.165, 1.54) is 5.56 Å².